The van der Waals surface area contributed by atoms with Gasteiger partial charge >= 0.3 is 0 Å². The number of hydrogen-bond donors (Lipinski definition) is 1. The Kier molecular flexibility index (Phi) is 5.19. The lowest BCUT2D eigenvalue weighted by molar-refractivity contribution is -0.120. The van der Waals surface area contributed by atoms with Crippen LogP contribution in [0.3, 0.4) is 0 Å². The number of nitrogens with one attached hydrogen (secondary N) is 1. The van der Waals surface area contributed by atoms with Crippen molar-refractivity contribution in [3.63, 3.8) is 0 Å². The van der Waals surface area contributed by atoms with Crippen LogP contribution in [0.2, 0.25) is 0 Å². The third-order valence-electron chi connectivity index (χ3n) is 2.15. The van der Waals surface area contributed by atoms with E-state index in [1.54, 1.807) is 6.08 Å². The zero-order chi connectivity index (χ0) is 10.4. The maximum absolute atomic E-state index is 11.7. The summed E-state index contributed by atoms with van der Waals surface area (Å²) in [6.07, 6.45) is 4.27. The molecule has 1 rings (SSSR count). The SMILES string of the molecule is O=C1NCCCCC1S(=O)C/C=C/Cl. The molecular formula is C9H14ClNO2S. The van der Waals surface area contributed by atoms with Gasteiger partial charge in [0.05, 0.1) is 0 Å². The molecule has 2 atom stereocenters. The summed E-state index contributed by atoms with van der Waals surface area (Å²) in [5.74, 6) is 0.283. The Morgan fingerprint density at radius 1 is 1.57 bits per heavy atom. The van der Waals surface area contributed by atoms with Crippen molar-refractivity contribution in [2.24, 2.45) is 0 Å². The molecule has 1 N–H and O–H groups in total. The van der Waals surface area contributed by atoms with Crippen molar-refractivity contribution < 1.29 is 9.00 Å². The largest absolute Gasteiger partial charge is 0.355 e. The Hall–Kier alpha value is -0.350. The van der Waals surface area contributed by atoms with E-state index in [1.807, 2.05) is 0 Å². The quantitative estimate of drug-likeness (QED) is 0.798. The highest BCUT2D eigenvalue weighted by atomic mass is 35.5. The van der Waals surface area contributed by atoms with Crippen LogP contribution in [-0.4, -0.2) is 27.7 Å². The number of hydrogen-bond acceptors (Lipinski definition) is 2. The number of rotatable bonds is 3. The summed E-state index contributed by atoms with van der Waals surface area (Å²) in [6.45, 7) is 0.706. The molecule has 1 aliphatic rings. The maximum Gasteiger partial charge on any atom is 0.235 e. The Bertz CT molecular complexity index is 255. The molecule has 0 spiro atoms. The third kappa shape index (κ3) is 3.42. The van der Waals surface area contributed by atoms with Crippen LogP contribution in [0.1, 0.15) is 19.3 Å². The Morgan fingerprint density at radius 3 is 3.07 bits per heavy atom. The molecule has 0 aromatic rings. The maximum atomic E-state index is 11.7. The van der Waals surface area contributed by atoms with Gasteiger partial charge in [-0.15, -0.1) is 0 Å². The summed E-state index contributed by atoms with van der Waals surface area (Å²) < 4.78 is 11.7. The lowest BCUT2D eigenvalue weighted by atomic mass is 10.2. The number of carbonyl (C=O) groups excluding carboxylic acids is 1. The summed E-state index contributed by atoms with van der Waals surface area (Å²) >= 11 is 5.34. The summed E-state index contributed by atoms with van der Waals surface area (Å²) in [7, 11) is -1.13. The molecule has 1 amide bonds. The first-order valence-corrected chi connectivity index (χ1v) is 6.47. The van der Waals surface area contributed by atoms with E-state index in [2.05, 4.69) is 5.32 Å². The highest BCUT2D eigenvalue weighted by molar-refractivity contribution is 7.86. The average molecular weight is 236 g/mol. The van der Waals surface area contributed by atoms with Gasteiger partial charge in [0.1, 0.15) is 5.25 Å². The molecule has 0 bridgehead atoms. The van der Waals surface area contributed by atoms with Crippen LogP contribution in [-0.2, 0) is 15.6 Å². The molecule has 0 aromatic carbocycles. The van der Waals surface area contributed by atoms with Crippen molar-refractivity contribution in [1.82, 2.24) is 5.32 Å². The Morgan fingerprint density at radius 2 is 2.36 bits per heavy atom. The van der Waals surface area contributed by atoms with E-state index in [1.165, 1.54) is 5.54 Å². The molecule has 5 heteroatoms. The summed E-state index contributed by atoms with van der Waals surface area (Å²) in [4.78, 5) is 11.5. The molecule has 1 saturated heterocycles. The van der Waals surface area contributed by atoms with Gasteiger partial charge < -0.3 is 5.32 Å². The first-order valence-electron chi connectivity index (χ1n) is 4.66. The zero-order valence-corrected chi connectivity index (χ0v) is 9.44. The molecule has 2 unspecified atom stereocenters. The molecule has 1 fully saturated rings. The predicted octanol–water partition coefficient (Wildman–Crippen LogP) is 1.16. The monoisotopic (exact) mass is 235 g/mol. The van der Waals surface area contributed by atoms with E-state index in [0.29, 0.717) is 18.7 Å². The third-order valence-corrected chi connectivity index (χ3v) is 3.94. The molecule has 0 radical (unpaired) electrons. The van der Waals surface area contributed by atoms with Crippen molar-refractivity contribution in [2.75, 3.05) is 12.3 Å². The molecular weight excluding hydrogens is 222 g/mol. The summed E-state index contributed by atoms with van der Waals surface area (Å²) in [6, 6.07) is 0. The number of carbonyl (C=O) groups is 1. The Labute approximate surface area is 91.4 Å². The van der Waals surface area contributed by atoms with Crippen molar-refractivity contribution in [2.45, 2.75) is 24.5 Å². The standard InChI is InChI=1S/C9H14ClNO2S/c10-5-3-7-14(13)8-4-1-2-6-11-9(8)12/h3,5,8H,1-2,4,6-7H2,(H,11,12)/b5-3+. The van der Waals surface area contributed by atoms with Gasteiger partial charge in [-0.3, -0.25) is 9.00 Å². The van der Waals surface area contributed by atoms with Crippen LogP contribution >= 0.6 is 11.6 Å². The van der Waals surface area contributed by atoms with Crippen LogP contribution in [0.4, 0.5) is 0 Å². The van der Waals surface area contributed by atoms with Crippen LogP contribution < -0.4 is 5.32 Å². The molecule has 0 aromatic heterocycles. The van der Waals surface area contributed by atoms with Gasteiger partial charge in [-0.2, -0.15) is 0 Å². The predicted molar refractivity (Wildman–Crippen MR) is 58.7 cm³/mol. The number of amides is 1. The molecule has 0 saturated carbocycles. The Balaban J connectivity index is 2.54. The van der Waals surface area contributed by atoms with Gasteiger partial charge in [0.25, 0.3) is 0 Å². The fourth-order valence-electron chi connectivity index (χ4n) is 1.41. The highest BCUT2D eigenvalue weighted by Gasteiger charge is 2.25. The molecule has 14 heavy (non-hydrogen) atoms. The zero-order valence-electron chi connectivity index (χ0n) is 7.87. The van der Waals surface area contributed by atoms with E-state index in [-0.39, 0.29) is 11.2 Å². The van der Waals surface area contributed by atoms with Crippen molar-refractivity contribution in [3.8, 4) is 0 Å². The number of halogens is 1. The van der Waals surface area contributed by atoms with E-state index in [4.69, 9.17) is 11.6 Å². The lowest BCUT2D eigenvalue weighted by Gasteiger charge is -2.10. The minimum Gasteiger partial charge on any atom is -0.355 e. The molecule has 3 nitrogen and oxygen atoms in total. The van der Waals surface area contributed by atoms with Gasteiger partial charge in [0.2, 0.25) is 5.91 Å². The van der Waals surface area contributed by atoms with E-state index < -0.39 is 10.8 Å². The van der Waals surface area contributed by atoms with Crippen LogP contribution in [0, 0.1) is 0 Å². The van der Waals surface area contributed by atoms with Gasteiger partial charge in [-0.05, 0) is 19.3 Å². The van der Waals surface area contributed by atoms with E-state index in [9.17, 15) is 9.00 Å². The first kappa shape index (κ1) is 11.7. The normalized spacial score (nSPS) is 25.8. The topological polar surface area (TPSA) is 46.2 Å². The highest BCUT2D eigenvalue weighted by Crippen LogP contribution is 2.11. The molecule has 80 valence electrons. The second-order valence-electron chi connectivity index (χ2n) is 3.18. The second kappa shape index (κ2) is 6.19. The summed E-state index contributed by atoms with van der Waals surface area (Å²) in [5.41, 5.74) is 1.34. The minimum atomic E-state index is -1.13. The molecule has 1 aliphatic heterocycles. The fraction of sp³-hybridized carbons (Fsp3) is 0.667. The van der Waals surface area contributed by atoms with Crippen molar-refractivity contribution >= 4 is 28.3 Å². The smallest absolute Gasteiger partial charge is 0.235 e. The average Bonchev–Trinajstić information content (AvgIpc) is 2.39. The van der Waals surface area contributed by atoms with Gasteiger partial charge in [0, 0.05) is 28.6 Å². The molecule has 1 heterocycles. The van der Waals surface area contributed by atoms with Crippen LogP contribution in [0.5, 0.6) is 0 Å². The van der Waals surface area contributed by atoms with Crippen molar-refractivity contribution in [3.05, 3.63) is 11.6 Å². The van der Waals surface area contributed by atoms with Gasteiger partial charge in [-0.25, -0.2) is 0 Å². The summed E-state index contributed by atoms with van der Waals surface area (Å²) in [5, 5.41) is 2.41. The van der Waals surface area contributed by atoms with Crippen molar-refractivity contribution in [1.29, 1.82) is 0 Å². The van der Waals surface area contributed by atoms with Crippen LogP contribution in [0.25, 0.3) is 0 Å². The lowest BCUT2D eigenvalue weighted by Crippen LogP contribution is -2.36. The van der Waals surface area contributed by atoms with E-state index >= 15 is 0 Å². The van der Waals surface area contributed by atoms with E-state index in [0.717, 1.165) is 12.8 Å². The van der Waals surface area contributed by atoms with Gasteiger partial charge in [-0.1, -0.05) is 17.7 Å². The molecule has 0 aliphatic carbocycles. The second-order valence-corrected chi connectivity index (χ2v) is 5.10. The van der Waals surface area contributed by atoms with Crippen LogP contribution in [0.15, 0.2) is 11.6 Å². The minimum absolute atomic E-state index is 0.0798. The first-order chi connectivity index (χ1) is 6.75. The fourth-order valence-corrected chi connectivity index (χ4v) is 2.87. The van der Waals surface area contributed by atoms with Gasteiger partial charge in [0.15, 0.2) is 0 Å².